The lowest BCUT2D eigenvalue weighted by molar-refractivity contribution is 0.919. The number of rotatable bonds is 3. The Bertz CT molecular complexity index is 258. The van der Waals surface area contributed by atoms with Crippen LogP contribution in [0.5, 0.6) is 0 Å². The van der Waals surface area contributed by atoms with E-state index in [0.717, 1.165) is 0 Å². The van der Waals surface area contributed by atoms with Gasteiger partial charge in [-0.3, -0.25) is 0 Å². The van der Waals surface area contributed by atoms with Gasteiger partial charge in [-0.2, -0.15) is 0 Å². The smallest absolute Gasteiger partial charge is 0.0313 e. The van der Waals surface area contributed by atoms with Crippen LogP contribution in [0.3, 0.4) is 0 Å². The van der Waals surface area contributed by atoms with Crippen LogP contribution < -0.4 is 0 Å². The van der Waals surface area contributed by atoms with Gasteiger partial charge in [0.05, 0.1) is 0 Å². The zero-order chi connectivity index (χ0) is 8.97. The molecule has 2 heteroatoms. The van der Waals surface area contributed by atoms with E-state index in [1.807, 2.05) is 0 Å². The number of thioether (sulfide) groups is 1. The van der Waals surface area contributed by atoms with Gasteiger partial charge in [0.15, 0.2) is 0 Å². The van der Waals surface area contributed by atoms with Crippen LogP contribution in [-0.2, 0) is 6.42 Å². The Morgan fingerprint density at radius 1 is 1.42 bits per heavy atom. The number of aryl methyl sites for hydroxylation is 1. The Balaban J connectivity index is 2.86. The largest absolute Gasteiger partial charge is 0.128 e. The first-order valence-electron chi connectivity index (χ1n) is 4.10. The first-order valence-corrected chi connectivity index (χ1v) is 6.12. The van der Waals surface area contributed by atoms with E-state index in [-0.39, 0.29) is 0 Å². The molecular formula is C10H13BrS. The van der Waals surface area contributed by atoms with Crippen LogP contribution in [0.25, 0.3) is 0 Å². The molecule has 0 saturated heterocycles. The molecule has 0 spiro atoms. The molecule has 0 aromatic heterocycles. The normalized spacial score (nSPS) is 10.2. The van der Waals surface area contributed by atoms with E-state index in [1.54, 1.807) is 11.8 Å². The lowest BCUT2D eigenvalue weighted by atomic mass is 10.1. The molecule has 0 saturated carbocycles. The van der Waals surface area contributed by atoms with Crippen molar-refractivity contribution < 1.29 is 0 Å². The fourth-order valence-electron chi connectivity index (χ4n) is 1.15. The van der Waals surface area contributed by atoms with Crippen LogP contribution in [0, 0.1) is 0 Å². The molecule has 1 aromatic carbocycles. The SMILES string of the molecule is CCCc1ccc(SC)c(Br)c1. The van der Waals surface area contributed by atoms with Gasteiger partial charge in [0.2, 0.25) is 0 Å². The van der Waals surface area contributed by atoms with Crippen LogP contribution in [0.15, 0.2) is 27.6 Å². The fraction of sp³-hybridized carbons (Fsp3) is 0.400. The standard InChI is InChI=1S/C10H13BrS/c1-3-4-8-5-6-10(12-2)9(11)7-8/h5-7H,3-4H2,1-2H3. The highest BCUT2D eigenvalue weighted by Gasteiger charge is 1.98. The zero-order valence-corrected chi connectivity index (χ0v) is 9.83. The van der Waals surface area contributed by atoms with Crippen LogP contribution >= 0.6 is 27.7 Å². The summed E-state index contributed by atoms with van der Waals surface area (Å²) in [6, 6.07) is 6.61. The summed E-state index contributed by atoms with van der Waals surface area (Å²) in [5.74, 6) is 0. The van der Waals surface area contributed by atoms with Crippen molar-refractivity contribution in [1.82, 2.24) is 0 Å². The molecule has 66 valence electrons. The van der Waals surface area contributed by atoms with E-state index >= 15 is 0 Å². The van der Waals surface area contributed by atoms with E-state index < -0.39 is 0 Å². The maximum Gasteiger partial charge on any atom is 0.0313 e. The highest BCUT2D eigenvalue weighted by Crippen LogP contribution is 2.26. The van der Waals surface area contributed by atoms with Crippen LogP contribution in [0.4, 0.5) is 0 Å². The van der Waals surface area contributed by atoms with Crippen LogP contribution in [0.2, 0.25) is 0 Å². The summed E-state index contributed by atoms with van der Waals surface area (Å²) in [5.41, 5.74) is 1.42. The van der Waals surface area contributed by atoms with Crippen molar-refractivity contribution >= 4 is 27.7 Å². The summed E-state index contributed by atoms with van der Waals surface area (Å²) < 4.78 is 1.22. The molecule has 0 N–H and O–H groups in total. The molecule has 0 atom stereocenters. The third-order valence-electron chi connectivity index (χ3n) is 1.75. The maximum absolute atomic E-state index is 3.56. The van der Waals surface area contributed by atoms with Gasteiger partial charge in [-0.15, -0.1) is 11.8 Å². The topological polar surface area (TPSA) is 0 Å². The summed E-state index contributed by atoms with van der Waals surface area (Å²) >= 11 is 5.33. The lowest BCUT2D eigenvalue weighted by Gasteiger charge is -2.03. The number of hydrogen-bond donors (Lipinski definition) is 0. The van der Waals surface area contributed by atoms with E-state index in [4.69, 9.17) is 0 Å². The highest BCUT2D eigenvalue weighted by atomic mass is 79.9. The van der Waals surface area contributed by atoms with Crippen molar-refractivity contribution in [2.75, 3.05) is 6.26 Å². The van der Waals surface area contributed by atoms with Gasteiger partial charge in [0, 0.05) is 9.37 Å². The third-order valence-corrected chi connectivity index (χ3v) is 3.47. The predicted molar refractivity (Wildman–Crippen MR) is 59.9 cm³/mol. The molecule has 0 nitrogen and oxygen atoms in total. The molecule has 0 bridgehead atoms. The summed E-state index contributed by atoms with van der Waals surface area (Å²) in [7, 11) is 0. The monoisotopic (exact) mass is 244 g/mol. The third kappa shape index (κ3) is 2.53. The van der Waals surface area contributed by atoms with Gasteiger partial charge in [-0.25, -0.2) is 0 Å². The Morgan fingerprint density at radius 3 is 2.67 bits per heavy atom. The Labute approximate surface area is 86.9 Å². The molecule has 0 radical (unpaired) electrons. The second kappa shape index (κ2) is 4.93. The van der Waals surface area contributed by atoms with Crippen molar-refractivity contribution in [3.63, 3.8) is 0 Å². The fourth-order valence-corrected chi connectivity index (χ4v) is 2.52. The van der Waals surface area contributed by atoms with E-state index in [1.165, 1.54) is 27.8 Å². The summed E-state index contributed by atoms with van der Waals surface area (Å²) in [5, 5.41) is 0. The Hall–Kier alpha value is 0.0500. The zero-order valence-electron chi connectivity index (χ0n) is 7.43. The Morgan fingerprint density at radius 2 is 2.17 bits per heavy atom. The molecular weight excluding hydrogens is 232 g/mol. The van der Waals surface area contributed by atoms with Gasteiger partial charge in [0.1, 0.15) is 0 Å². The predicted octanol–water partition coefficient (Wildman–Crippen LogP) is 4.12. The van der Waals surface area contributed by atoms with Crippen molar-refractivity contribution in [2.24, 2.45) is 0 Å². The molecule has 0 aliphatic carbocycles. The molecule has 0 aliphatic rings. The van der Waals surface area contributed by atoms with Crippen molar-refractivity contribution in [1.29, 1.82) is 0 Å². The molecule has 12 heavy (non-hydrogen) atoms. The van der Waals surface area contributed by atoms with Crippen LogP contribution in [0.1, 0.15) is 18.9 Å². The average molecular weight is 245 g/mol. The maximum atomic E-state index is 3.56. The Kier molecular flexibility index (Phi) is 4.16. The van der Waals surface area contributed by atoms with Crippen molar-refractivity contribution in [2.45, 2.75) is 24.7 Å². The molecule has 0 heterocycles. The molecule has 0 amide bonds. The number of benzene rings is 1. The van der Waals surface area contributed by atoms with Gasteiger partial charge < -0.3 is 0 Å². The highest BCUT2D eigenvalue weighted by molar-refractivity contribution is 9.10. The molecule has 0 aliphatic heterocycles. The average Bonchev–Trinajstić information content (AvgIpc) is 2.05. The number of halogens is 1. The minimum absolute atomic E-state index is 1.17. The molecule has 1 aromatic rings. The first kappa shape index (κ1) is 10.1. The lowest BCUT2D eigenvalue weighted by Crippen LogP contribution is -1.83. The van der Waals surface area contributed by atoms with E-state index in [9.17, 15) is 0 Å². The van der Waals surface area contributed by atoms with Gasteiger partial charge in [0.25, 0.3) is 0 Å². The second-order valence-electron chi connectivity index (χ2n) is 2.72. The van der Waals surface area contributed by atoms with Gasteiger partial charge in [-0.1, -0.05) is 19.4 Å². The van der Waals surface area contributed by atoms with E-state index in [0.29, 0.717) is 0 Å². The quantitative estimate of drug-likeness (QED) is 0.722. The first-order chi connectivity index (χ1) is 5.77. The summed E-state index contributed by atoms with van der Waals surface area (Å²) in [6.45, 7) is 2.20. The second-order valence-corrected chi connectivity index (χ2v) is 4.42. The van der Waals surface area contributed by atoms with Crippen molar-refractivity contribution in [3.8, 4) is 0 Å². The van der Waals surface area contributed by atoms with Gasteiger partial charge in [-0.05, 0) is 46.3 Å². The molecule has 0 unspecified atom stereocenters. The molecule has 0 fully saturated rings. The van der Waals surface area contributed by atoms with Crippen LogP contribution in [-0.4, -0.2) is 6.26 Å². The number of hydrogen-bond acceptors (Lipinski definition) is 1. The van der Waals surface area contributed by atoms with Crippen molar-refractivity contribution in [3.05, 3.63) is 28.2 Å². The van der Waals surface area contributed by atoms with Gasteiger partial charge >= 0.3 is 0 Å². The summed E-state index contributed by atoms with van der Waals surface area (Å²) in [4.78, 5) is 1.31. The van der Waals surface area contributed by atoms with E-state index in [2.05, 4.69) is 47.3 Å². The minimum atomic E-state index is 1.17. The summed E-state index contributed by atoms with van der Waals surface area (Å²) in [6.07, 6.45) is 4.48. The minimum Gasteiger partial charge on any atom is -0.128 e. The molecule has 1 rings (SSSR count).